The molecule has 0 unspecified atom stereocenters. The number of nitrogens with zero attached hydrogens (tertiary/aromatic N) is 2. The maximum absolute atomic E-state index is 13.0. The lowest BCUT2D eigenvalue weighted by Crippen LogP contribution is -2.30. The number of aromatic nitrogens is 1. The molecule has 0 saturated carbocycles. The fourth-order valence-corrected chi connectivity index (χ4v) is 4.84. The van der Waals surface area contributed by atoms with Gasteiger partial charge in [0.25, 0.3) is 5.91 Å². The van der Waals surface area contributed by atoms with Crippen LogP contribution in [0.3, 0.4) is 0 Å². The van der Waals surface area contributed by atoms with Gasteiger partial charge in [0.05, 0.1) is 16.6 Å². The van der Waals surface area contributed by atoms with Crippen LogP contribution in [0.15, 0.2) is 30.5 Å². The highest BCUT2D eigenvalue weighted by Gasteiger charge is 2.32. The molecule has 1 fully saturated rings. The number of likely N-dealkylation sites (tertiary alicyclic amines) is 1. The van der Waals surface area contributed by atoms with Gasteiger partial charge < -0.3 is 4.90 Å². The Balaban J connectivity index is 1.60. The molecule has 0 N–H and O–H groups in total. The topological polar surface area (TPSA) is 33.2 Å². The molecule has 114 valence electrons. The Morgan fingerprint density at radius 3 is 2.95 bits per heavy atom. The average molecular weight is 312 g/mol. The van der Waals surface area contributed by atoms with Crippen molar-refractivity contribution in [2.75, 3.05) is 6.54 Å². The predicted octanol–water partition coefficient (Wildman–Crippen LogP) is 4.00. The quantitative estimate of drug-likeness (QED) is 0.840. The second kappa shape index (κ2) is 5.84. The zero-order chi connectivity index (χ0) is 14.9. The minimum absolute atomic E-state index is 0.146. The summed E-state index contributed by atoms with van der Waals surface area (Å²) in [7, 11) is 0. The average Bonchev–Trinajstić information content (AvgIpc) is 3.21. The molecule has 0 spiro atoms. The molecular weight excluding hydrogens is 292 g/mol. The van der Waals surface area contributed by atoms with Crippen LogP contribution < -0.4 is 0 Å². The van der Waals surface area contributed by atoms with Crippen LogP contribution >= 0.6 is 11.3 Å². The maximum atomic E-state index is 13.0. The van der Waals surface area contributed by atoms with Crippen molar-refractivity contribution in [3.63, 3.8) is 0 Å². The molecule has 1 atom stereocenters. The van der Waals surface area contributed by atoms with Gasteiger partial charge in [-0.25, -0.2) is 0 Å². The van der Waals surface area contributed by atoms with Gasteiger partial charge in [0.2, 0.25) is 0 Å². The molecule has 2 aromatic heterocycles. The van der Waals surface area contributed by atoms with Crippen molar-refractivity contribution in [3.8, 4) is 0 Å². The molecule has 3 heterocycles. The summed E-state index contributed by atoms with van der Waals surface area (Å²) >= 11 is 1.72. The lowest BCUT2D eigenvalue weighted by atomic mass is 9.99. The zero-order valence-corrected chi connectivity index (χ0v) is 13.4. The van der Waals surface area contributed by atoms with E-state index in [0.29, 0.717) is 0 Å². The minimum Gasteiger partial charge on any atom is -0.329 e. The second-order valence-corrected chi connectivity index (χ2v) is 7.31. The van der Waals surface area contributed by atoms with E-state index in [2.05, 4.69) is 11.1 Å². The van der Waals surface area contributed by atoms with E-state index in [1.165, 1.54) is 23.3 Å². The van der Waals surface area contributed by atoms with Crippen LogP contribution in [0.4, 0.5) is 0 Å². The monoisotopic (exact) mass is 312 g/mol. The standard InChI is InChI=1S/C18H20N2OS/c21-18(17-12-13-6-1-2-9-16(13)22-17)20-11-5-8-15(20)14-7-3-4-10-19-14/h3-4,7,10,12,15H,1-2,5-6,8-9,11H2/t15-/m0/s1. The molecule has 4 heteroatoms. The first kappa shape index (κ1) is 13.9. The van der Waals surface area contributed by atoms with Crippen molar-refractivity contribution >= 4 is 17.2 Å². The summed E-state index contributed by atoms with van der Waals surface area (Å²) in [6.45, 7) is 0.850. The van der Waals surface area contributed by atoms with Crippen molar-refractivity contribution < 1.29 is 4.79 Å². The van der Waals surface area contributed by atoms with E-state index in [4.69, 9.17) is 0 Å². The van der Waals surface area contributed by atoms with Gasteiger partial charge in [-0.15, -0.1) is 11.3 Å². The van der Waals surface area contributed by atoms with Crippen LogP contribution in [0.25, 0.3) is 0 Å². The van der Waals surface area contributed by atoms with E-state index in [-0.39, 0.29) is 11.9 Å². The highest BCUT2D eigenvalue weighted by atomic mass is 32.1. The summed E-state index contributed by atoms with van der Waals surface area (Å²) in [6.07, 6.45) is 8.73. The number of carbonyl (C=O) groups is 1. The Bertz CT molecular complexity index is 656. The fourth-order valence-electron chi connectivity index (χ4n) is 3.63. The largest absolute Gasteiger partial charge is 0.329 e. The van der Waals surface area contributed by atoms with E-state index >= 15 is 0 Å². The molecule has 4 rings (SSSR count). The number of rotatable bonds is 2. The lowest BCUT2D eigenvalue weighted by Gasteiger charge is -2.23. The Morgan fingerprint density at radius 1 is 1.23 bits per heavy atom. The van der Waals surface area contributed by atoms with E-state index in [0.717, 1.165) is 42.8 Å². The van der Waals surface area contributed by atoms with Crippen molar-refractivity contribution in [2.45, 2.75) is 44.6 Å². The minimum atomic E-state index is 0.146. The van der Waals surface area contributed by atoms with Gasteiger partial charge in [-0.1, -0.05) is 6.07 Å². The Hall–Kier alpha value is -1.68. The second-order valence-electron chi connectivity index (χ2n) is 6.18. The summed E-state index contributed by atoms with van der Waals surface area (Å²) in [6, 6.07) is 8.27. The van der Waals surface area contributed by atoms with Gasteiger partial charge in [0.15, 0.2) is 0 Å². The highest BCUT2D eigenvalue weighted by Crippen LogP contribution is 2.35. The van der Waals surface area contributed by atoms with Gasteiger partial charge in [-0.3, -0.25) is 9.78 Å². The Labute approximate surface area is 135 Å². The van der Waals surface area contributed by atoms with Crippen molar-refractivity contribution in [1.29, 1.82) is 0 Å². The molecule has 2 aliphatic rings. The van der Waals surface area contributed by atoms with Gasteiger partial charge >= 0.3 is 0 Å². The number of carbonyl (C=O) groups excluding carboxylic acids is 1. The van der Waals surface area contributed by atoms with E-state index < -0.39 is 0 Å². The number of hydrogen-bond donors (Lipinski definition) is 0. The van der Waals surface area contributed by atoms with Crippen LogP contribution in [0.5, 0.6) is 0 Å². The molecule has 3 nitrogen and oxygen atoms in total. The fraction of sp³-hybridized carbons (Fsp3) is 0.444. The summed E-state index contributed by atoms with van der Waals surface area (Å²) in [5.74, 6) is 0.201. The van der Waals surface area contributed by atoms with E-state index in [9.17, 15) is 4.79 Å². The number of amides is 1. The molecule has 2 aromatic rings. The zero-order valence-electron chi connectivity index (χ0n) is 12.6. The van der Waals surface area contributed by atoms with Gasteiger partial charge in [-0.2, -0.15) is 0 Å². The van der Waals surface area contributed by atoms with Crippen LogP contribution in [-0.2, 0) is 12.8 Å². The summed E-state index contributed by atoms with van der Waals surface area (Å²) in [5.41, 5.74) is 2.43. The lowest BCUT2D eigenvalue weighted by molar-refractivity contribution is 0.0738. The normalized spacial score (nSPS) is 20.9. The van der Waals surface area contributed by atoms with Gasteiger partial charge in [0.1, 0.15) is 0 Å². The van der Waals surface area contributed by atoms with Gasteiger partial charge in [0, 0.05) is 17.6 Å². The predicted molar refractivity (Wildman–Crippen MR) is 88.2 cm³/mol. The first-order valence-electron chi connectivity index (χ1n) is 8.16. The molecule has 0 radical (unpaired) electrons. The van der Waals surface area contributed by atoms with Crippen LogP contribution in [0, 0.1) is 0 Å². The van der Waals surface area contributed by atoms with Crippen molar-refractivity contribution in [1.82, 2.24) is 9.88 Å². The van der Waals surface area contributed by atoms with Crippen molar-refractivity contribution in [3.05, 3.63) is 51.5 Å². The number of aryl methyl sites for hydroxylation is 2. The van der Waals surface area contributed by atoms with E-state index in [1.54, 1.807) is 11.3 Å². The number of thiophene rings is 1. The first-order valence-corrected chi connectivity index (χ1v) is 8.98. The number of pyridine rings is 1. The van der Waals surface area contributed by atoms with Crippen LogP contribution in [-0.4, -0.2) is 22.3 Å². The maximum Gasteiger partial charge on any atom is 0.264 e. The third-order valence-electron chi connectivity index (χ3n) is 4.75. The third kappa shape index (κ3) is 2.45. The Morgan fingerprint density at radius 2 is 2.14 bits per heavy atom. The first-order chi connectivity index (χ1) is 10.8. The van der Waals surface area contributed by atoms with Crippen LogP contribution in [0.2, 0.25) is 0 Å². The Kier molecular flexibility index (Phi) is 3.70. The molecule has 1 aliphatic heterocycles. The molecule has 22 heavy (non-hydrogen) atoms. The highest BCUT2D eigenvalue weighted by molar-refractivity contribution is 7.14. The van der Waals surface area contributed by atoms with Crippen LogP contribution in [0.1, 0.15) is 57.5 Å². The molecular formula is C18H20N2OS. The smallest absolute Gasteiger partial charge is 0.264 e. The molecule has 1 aliphatic carbocycles. The molecule has 0 aromatic carbocycles. The van der Waals surface area contributed by atoms with Crippen molar-refractivity contribution in [2.24, 2.45) is 0 Å². The summed E-state index contributed by atoms with van der Waals surface area (Å²) in [5, 5.41) is 0. The molecule has 1 amide bonds. The molecule has 1 saturated heterocycles. The SMILES string of the molecule is O=C(c1cc2c(s1)CCCC2)N1CCC[C@H]1c1ccccn1. The van der Waals surface area contributed by atoms with E-state index in [1.807, 2.05) is 29.3 Å². The number of hydrogen-bond acceptors (Lipinski definition) is 3. The third-order valence-corrected chi connectivity index (χ3v) is 5.98. The molecule has 0 bridgehead atoms. The number of fused-ring (bicyclic) bond motifs is 1. The summed E-state index contributed by atoms with van der Waals surface area (Å²) in [4.78, 5) is 21.8. The van der Waals surface area contributed by atoms with Gasteiger partial charge in [-0.05, 0) is 62.3 Å². The summed E-state index contributed by atoms with van der Waals surface area (Å²) < 4.78 is 0.